The minimum absolute atomic E-state index is 0.329. The van der Waals surface area contributed by atoms with Crippen LogP contribution in [-0.4, -0.2) is 30.6 Å². The number of hydrogen-bond acceptors (Lipinski definition) is 5. The molecular weight excluding hydrogens is 334 g/mol. The lowest BCUT2D eigenvalue weighted by Crippen LogP contribution is -2.37. The van der Waals surface area contributed by atoms with E-state index in [0.717, 1.165) is 12.0 Å². The van der Waals surface area contributed by atoms with E-state index in [0.29, 0.717) is 29.8 Å². The Balaban J connectivity index is 1.63. The fraction of sp³-hybridized carbons (Fsp3) is 0.250. The molecule has 1 N–H and O–H groups in total. The zero-order chi connectivity index (χ0) is 18.5. The van der Waals surface area contributed by atoms with Gasteiger partial charge in [-0.25, -0.2) is 9.59 Å². The Hall–Kier alpha value is -3.15. The molecule has 0 saturated carbocycles. The van der Waals surface area contributed by atoms with Gasteiger partial charge in [0.05, 0.1) is 17.7 Å². The number of benzene rings is 2. The van der Waals surface area contributed by atoms with Crippen molar-refractivity contribution in [2.45, 2.75) is 25.9 Å². The monoisotopic (exact) mass is 353 g/mol. The van der Waals surface area contributed by atoms with Crippen molar-refractivity contribution in [2.75, 3.05) is 11.9 Å². The predicted molar refractivity (Wildman–Crippen MR) is 95.0 cm³/mol. The topological polar surface area (TPSA) is 81.7 Å². The molecule has 0 spiro atoms. The van der Waals surface area contributed by atoms with E-state index >= 15 is 0 Å². The van der Waals surface area contributed by atoms with E-state index in [-0.39, 0.29) is 0 Å². The Morgan fingerprint density at radius 3 is 2.62 bits per heavy atom. The Labute approximate surface area is 151 Å². The van der Waals surface area contributed by atoms with Crippen molar-refractivity contribution in [1.29, 1.82) is 0 Å². The van der Waals surface area contributed by atoms with Crippen LogP contribution < -0.4 is 5.32 Å². The van der Waals surface area contributed by atoms with Crippen LogP contribution >= 0.6 is 0 Å². The van der Waals surface area contributed by atoms with Crippen molar-refractivity contribution in [3.63, 3.8) is 0 Å². The van der Waals surface area contributed by atoms with Crippen LogP contribution in [0.2, 0.25) is 0 Å². The molecule has 1 unspecified atom stereocenters. The molecule has 3 rings (SSSR count). The molecule has 0 bridgehead atoms. The average Bonchev–Trinajstić information content (AvgIpc) is 2.66. The molecule has 134 valence electrons. The van der Waals surface area contributed by atoms with Gasteiger partial charge in [-0.2, -0.15) is 0 Å². The van der Waals surface area contributed by atoms with E-state index in [2.05, 4.69) is 5.32 Å². The molecule has 1 aliphatic rings. The molecule has 2 aromatic carbocycles. The summed E-state index contributed by atoms with van der Waals surface area (Å²) in [5.41, 5.74) is 2.20. The number of carbonyl (C=O) groups is 3. The fourth-order valence-electron chi connectivity index (χ4n) is 2.67. The van der Waals surface area contributed by atoms with Crippen LogP contribution in [0, 0.1) is 0 Å². The predicted octanol–water partition coefficient (Wildman–Crippen LogP) is 2.97. The van der Waals surface area contributed by atoms with Gasteiger partial charge in [0.1, 0.15) is 0 Å². The molecule has 1 aliphatic heterocycles. The summed E-state index contributed by atoms with van der Waals surface area (Å²) in [4.78, 5) is 36.2. The first-order valence-corrected chi connectivity index (χ1v) is 8.45. The summed E-state index contributed by atoms with van der Waals surface area (Å²) in [5.74, 6) is -1.31. The first kappa shape index (κ1) is 17.7. The number of fused-ring (bicyclic) bond motifs is 1. The number of anilines is 1. The highest BCUT2D eigenvalue weighted by molar-refractivity contribution is 6.00. The van der Waals surface area contributed by atoms with E-state index in [4.69, 9.17) is 9.47 Å². The van der Waals surface area contributed by atoms with Gasteiger partial charge in [0.15, 0.2) is 6.10 Å². The van der Waals surface area contributed by atoms with Crippen LogP contribution in [0.1, 0.15) is 39.6 Å². The lowest BCUT2D eigenvalue weighted by molar-refractivity contribution is -0.125. The van der Waals surface area contributed by atoms with Crippen LogP contribution in [0.25, 0.3) is 0 Å². The standard InChI is InChI=1S/C20H19NO5/c1-2-11-25-19(23)13-7-9-15(10-8-13)21-18(22)17-12-14-5-3-4-6-16(14)20(24)26-17/h3-10,17H,2,11-12H2,1H3,(H,21,22). The van der Waals surface area contributed by atoms with E-state index in [1.54, 1.807) is 36.4 Å². The molecule has 1 amide bonds. The molecule has 1 heterocycles. The zero-order valence-electron chi connectivity index (χ0n) is 14.4. The maximum absolute atomic E-state index is 12.4. The molecule has 0 fully saturated rings. The summed E-state index contributed by atoms with van der Waals surface area (Å²) in [5, 5.41) is 2.70. The van der Waals surface area contributed by atoms with E-state index in [9.17, 15) is 14.4 Å². The Morgan fingerprint density at radius 2 is 1.88 bits per heavy atom. The second kappa shape index (κ2) is 7.82. The van der Waals surface area contributed by atoms with Gasteiger partial charge in [-0.05, 0) is 42.3 Å². The summed E-state index contributed by atoms with van der Waals surface area (Å²) in [6.45, 7) is 2.29. The second-order valence-electron chi connectivity index (χ2n) is 5.96. The van der Waals surface area contributed by atoms with Crippen molar-refractivity contribution in [3.8, 4) is 0 Å². The van der Waals surface area contributed by atoms with Gasteiger partial charge in [0, 0.05) is 12.1 Å². The highest BCUT2D eigenvalue weighted by Crippen LogP contribution is 2.21. The summed E-state index contributed by atoms with van der Waals surface area (Å²) < 4.78 is 10.3. The van der Waals surface area contributed by atoms with Gasteiger partial charge >= 0.3 is 11.9 Å². The first-order chi connectivity index (χ1) is 12.6. The van der Waals surface area contributed by atoms with Gasteiger partial charge in [0.25, 0.3) is 5.91 Å². The molecule has 26 heavy (non-hydrogen) atoms. The van der Waals surface area contributed by atoms with E-state index < -0.39 is 23.9 Å². The van der Waals surface area contributed by atoms with E-state index in [1.807, 2.05) is 19.1 Å². The number of cyclic esters (lactones) is 1. The molecule has 0 saturated heterocycles. The van der Waals surface area contributed by atoms with Crippen LogP contribution in [0.4, 0.5) is 5.69 Å². The van der Waals surface area contributed by atoms with Crippen LogP contribution in [0.3, 0.4) is 0 Å². The molecular formula is C20H19NO5. The third-order valence-corrected chi connectivity index (χ3v) is 4.01. The Bertz CT molecular complexity index is 828. The largest absolute Gasteiger partial charge is 0.462 e. The quantitative estimate of drug-likeness (QED) is 0.836. The summed E-state index contributed by atoms with van der Waals surface area (Å²) in [7, 11) is 0. The number of nitrogens with one attached hydrogen (secondary N) is 1. The minimum Gasteiger partial charge on any atom is -0.462 e. The summed E-state index contributed by atoms with van der Waals surface area (Å²) in [6, 6.07) is 13.5. The van der Waals surface area contributed by atoms with Gasteiger partial charge in [-0.3, -0.25) is 4.79 Å². The van der Waals surface area contributed by atoms with E-state index in [1.165, 1.54) is 0 Å². The number of carbonyl (C=O) groups excluding carboxylic acids is 3. The number of rotatable bonds is 5. The Morgan fingerprint density at radius 1 is 1.15 bits per heavy atom. The lowest BCUT2D eigenvalue weighted by atomic mass is 9.98. The van der Waals surface area contributed by atoms with Gasteiger partial charge in [-0.1, -0.05) is 25.1 Å². The smallest absolute Gasteiger partial charge is 0.339 e. The number of ether oxygens (including phenoxy) is 2. The van der Waals surface area contributed by atoms with Gasteiger partial charge in [0.2, 0.25) is 0 Å². The van der Waals surface area contributed by atoms with Crippen molar-refractivity contribution >= 4 is 23.5 Å². The third-order valence-electron chi connectivity index (χ3n) is 4.01. The highest BCUT2D eigenvalue weighted by atomic mass is 16.5. The first-order valence-electron chi connectivity index (χ1n) is 8.45. The lowest BCUT2D eigenvalue weighted by Gasteiger charge is -2.23. The minimum atomic E-state index is -0.883. The molecule has 6 heteroatoms. The summed E-state index contributed by atoms with van der Waals surface area (Å²) >= 11 is 0. The SMILES string of the molecule is CCCOC(=O)c1ccc(NC(=O)C2Cc3ccccc3C(=O)O2)cc1. The second-order valence-corrected chi connectivity index (χ2v) is 5.96. The number of amides is 1. The maximum Gasteiger partial charge on any atom is 0.339 e. The molecule has 2 aromatic rings. The fourth-order valence-corrected chi connectivity index (χ4v) is 2.67. The zero-order valence-corrected chi connectivity index (χ0v) is 14.4. The third kappa shape index (κ3) is 3.91. The average molecular weight is 353 g/mol. The van der Waals surface area contributed by atoms with Crippen molar-refractivity contribution < 1.29 is 23.9 Å². The number of hydrogen-bond donors (Lipinski definition) is 1. The molecule has 0 radical (unpaired) electrons. The molecule has 0 aliphatic carbocycles. The van der Waals surface area contributed by atoms with Crippen molar-refractivity contribution in [3.05, 3.63) is 65.2 Å². The van der Waals surface area contributed by atoms with Gasteiger partial charge in [-0.15, -0.1) is 0 Å². The van der Waals surface area contributed by atoms with Crippen LogP contribution in [0.15, 0.2) is 48.5 Å². The van der Waals surface area contributed by atoms with Gasteiger partial charge < -0.3 is 14.8 Å². The van der Waals surface area contributed by atoms with Crippen molar-refractivity contribution in [1.82, 2.24) is 0 Å². The summed E-state index contributed by atoms with van der Waals surface area (Å²) in [6.07, 6.45) is 0.199. The molecule has 6 nitrogen and oxygen atoms in total. The molecule has 1 atom stereocenters. The normalized spacial score (nSPS) is 15.6. The van der Waals surface area contributed by atoms with Crippen molar-refractivity contribution in [2.24, 2.45) is 0 Å². The Kier molecular flexibility index (Phi) is 5.31. The molecule has 0 aromatic heterocycles. The highest BCUT2D eigenvalue weighted by Gasteiger charge is 2.31. The van der Waals surface area contributed by atoms with Crippen LogP contribution in [-0.2, 0) is 20.7 Å². The maximum atomic E-state index is 12.4. The number of esters is 2. The van der Waals surface area contributed by atoms with Crippen LogP contribution in [0.5, 0.6) is 0 Å².